The van der Waals surface area contributed by atoms with E-state index in [4.69, 9.17) is 11.6 Å². The Morgan fingerprint density at radius 3 is 2.75 bits per heavy atom. The molecule has 0 spiro atoms. The number of hydrogen-bond donors (Lipinski definition) is 3. The number of carbonyl (C=O) groups is 2. The van der Waals surface area contributed by atoms with E-state index in [-0.39, 0.29) is 17.9 Å². The highest BCUT2D eigenvalue weighted by molar-refractivity contribution is 5.80. The second kappa shape index (κ2) is 6.44. The van der Waals surface area contributed by atoms with Crippen molar-refractivity contribution >= 4 is 11.8 Å². The topological polar surface area (TPSA) is 101 Å². The molecule has 0 aromatic heterocycles. The van der Waals surface area contributed by atoms with Gasteiger partial charge in [-0.3, -0.25) is 19.9 Å². The van der Waals surface area contributed by atoms with Crippen molar-refractivity contribution in [2.45, 2.75) is 38.1 Å². The van der Waals surface area contributed by atoms with Crippen molar-refractivity contribution in [3.05, 3.63) is 0 Å². The van der Waals surface area contributed by atoms with Crippen LogP contribution in [0.25, 0.3) is 0 Å². The minimum atomic E-state index is -0.239. The van der Waals surface area contributed by atoms with Gasteiger partial charge in [0.1, 0.15) is 0 Å². The Morgan fingerprint density at radius 1 is 1.38 bits per heavy atom. The van der Waals surface area contributed by atoms with E-state index in [0.717, 1.165) is 38.8 Å². The molecule has 1 saturated heterocycles. The van der Waals surface area contributed by atoms with Gasteiger partial charge in [0.25, 0.3) is 0 Å². The Labute approximate surface area is 95.3 Å². The SMILES string of the molecule is NNC(=O)CCCCN1CCCC1C(N)=O. The molecule has 0 aromatic rings. The zero-order chi connectivity index (χ0) is 12.0. The van der Waals surface area contributed by atoms with Crippen LogP contribution in [-0.2, 0) is 9.59 Å². The van der Waals surface area contributed by atoms with Crippen LogP contribution < -0.4 is 17.0 Å². The number of hydrazine groups is 1. The number of primary amides is 1. The summed E-state index contributed by atoms with van der Waals surface area (Å²) in [5.41, 5.74) is 7.39. The fourth-order valence-corrected chi connectivity index (χ4v) is 2.09. The maximum Gasteiger partial charge on any atom is 0.234 e. The third-order valence-electron chi connectivity index (χ3n) is 2.95. The average molecular weight is 228 g/mol. The van der Waals surface area contributed by atoms with Gasteiger partial charge in [-0.05, 0) is 38.8 Å². The maximum absolute atomic E-state index is 11.1. The molecule has 0 aromatic carbocycles. The van der Waals surface area contributed by atoms with Gasteiger partial charge in [0.2, 0.25) is 11.8 Å². The summed E-state index contributed by atoms with van der Waals surface area (Å²) >= 11 is 0. The van der Waals surface area contributed by atoms with Crippen LogP contribution in [0, 0.1) is 0 Å². The summed E-state index contributed by atoms with van der Waals surface area (Å²) in [6, 6.07) is -0.108. The van der Waals surface area contributed by atoms with Gasteiger partial charge in [-0.2, -0.15) is 0 Å². The van der Waals surface area contributed by atoms with Crippen LogP contribution >= 0.6 is 0 Å². The molecule has 5 N–H and O–H groups in total. The number of hydrogen-bond acceptors (Lipinski definition) is 4. The first-order chi connectivity index (χ1) is 7.65. The Morgan fingerprint density at radius 2 is 2.12 bits per heavy atom. The molecule has 1 aliphatic rings. The molecule has 1 atom stereocenters. The summed E-state index contributed by atoms with van der Waals surface area (Å²) in [5.74, 6) is 4.58. The van der Waals surface area contributed by atoms with Crippen LogP contribution in [0.15, 0.2) is 0 Å². The van der Waals surface area contributed by atoms with E-state index in [1.807, 2.05) is 0 Å². The molecule has 1 fully saturated rings. The quantitative estimate of drug-likeness (QED) is 0.237. The molecule has 2 amide bonds. The van der Waals surface area contributed by atoms with E-state index < -0.39 is 0 Å². The Kier molecular flexibility index (Phi) is 5.21. The van der Waals surface area contributed by atoms with Crippen LogP contribution in [0.4, 0.5) is 0 Å². The predicted octanol–water partition coefficient (Wildman–Crippen LogP) is -0.904. The van der Waals surface area contributed by atoms with E-state index in [9.17, 15) is 9.59 Å². The van der Waals surface area contributed by atoms with Crippen molar-refractivity contribution in [2.24, 2.45) is 11.6 Å². The van der Waals surface area contributed by atoms with Gasteiger partial charge in [0, 0.05) is 6.42 Å². The van der Waals surface area contributed by atoms with E-state index in [2.05, 4.69) is 10.3 Å². The van der Waals surface area contributed by atoms with Crippen LogP contribution in [0.5, 0.6) is 0 Å². The summed E-state index contributed by atoms with van der Waals surface area (Å²) in [7, 11) is 0. The van der Waals surface area contributed by atoms with Crippen LogP contribution in [0.3, 0.4) is 0 Å². The van der Waals surface area contributed by atoms with Gasteiger partial charge in [0.05, 0.1) is 6.04 Å². The number of likely N-dealkylation sites (tertiary alicyclic amines) is 1. The molecule has 1 rings (SSSR count). The number of nitrogens with one attached hydrogen (secondary N) is 1. The zero-order valence-electron chi connectivity index (χ0n) is 9.45. The van der Waals surface area contributed by atoms with Gasteiger partial charge in [-0.25, -0.2) is 5.84 Å². The smallest absolute Gasteiger partial charge is 0.234 e. The summed E-state index contributed by atoms with van der Waals surface area (Å²) in [6.45, 7) is 1.75. The van der Waals surface area contributed by atoms with Gasteiger partial charge in [-0.15, -0.1) is 0 Å². The molecular formula is C10H20N4O2. The first-order valence-corrected chi connectivity index (χ1v) is 5.68. The summed E-state index contributed by atoms with van der Waals surface area (Å²) < 4.78 is 0. The molecular weight excluding hydrogens is 208 g/mol. The molecule has 1 heterocycles. The third kappa shape index (κ3) is 3.79. The molecule has 0 bridgehead atoms. The Bertz CT molecular complexity index is 257. The van der Waals surface area contributed by atoms with Crippen molar-refractivity contribution < 1.29 is 9.59 Å². The lowest BCUT2D eigenvalue weighted by atomic mass is 10.2. The molecule has 6 nitrogen and oxygen atoms in total. The lowest BCUT2D eigenvalue weighted by Gasteiger charge is -2.21. The highest BCUT2D eigenvalue weighted by Crippen LogP contribution is 2.17. The summed E-state index contributed by atoms with van der Waals surface area (Å²) in [6.07, 6.45) is 3.99. The second-order valence-corrected chi connectivity index (χ2v) is 4.12. The molecule has 1 unspecified atom stereocenters. The number of nitrogens with zero attached hydrogens (tertiary/aromatic N) is 1. The lowest BCUT2D eigenvalue weighted by Crippen LogP contribution is -2.40. The fourth-order valence-electron chi connectivity index (χ4n) is 2.09. The average Bonchev–Trinajstić information content (AvgIpc) is 2.72. The maximum atomic E-state index is 11.1. The largest absolute Gasteiger partial charge is 0.368 e. The number of amides is 2. The van der Waals surface area contributed by atoms with Crippen molar-refractivity contribution in [1.82, 2.24) is 10.3 Å². The second-order valence-electron chi connectivity index (χ2n) is 4.12. The highest BCUT2D eigenvalue weighted by Gasteiger charge is 2.27. The minimum Gasteiger partial charge on any atom is -0.368 e. The monoisotopic (exact) mass is 228 g/mol. The van der Waals surface area contributed by atoms with Crippen molar-refractivity contribution in [2.75, 3.05) is 13.1 Å². The molecule has 6 heteroatoms. The van der Waals surface area contributed by atoms with Crippen molar-refractivity contribution in [1.29, 1.82) is 0 Å². The number of nitrogens with two attached hydrogens (primary N) is 2. The van der Waals surface area contributed by atoms with Crippen LogP contribution in [-0.4, -0.2) is 35.8 Å². The van der Waals surface area contributed by atoms with Crippen LogP contribution in [0.2, 0.25) is 0 Å². The molecule has 1 aliphatic heterocycles. The summed E-state index contributed by atoms with van der Waals surface area (Å²) in [4.78, 5) is 24.1. The van der Waals surface area contributed by atoms with Gasteiger partial charge in [0.15, 0.2) is 0 Å². The molecule has 0 saturated carbocycles. The Balaban J connectivity index is 2.17. The van der Waals surface area contributed by atoms with Crippen LogP contribution in [0.1, 0.15) is 32.1 Å². The fraction of sp³-hybridized carbons (Fsp3) is 0.800. The van der Waals surface area contributed by atoms with E-state index >= 15 is 0 Å². The minimum absolute atomic E-state index is 0.108. The predicted molar refractivity (Wildman–Crippen MR) is 60.0 cm³/mol. The van der Waals surface area contributed by atoms with Gasteiger partial charge < -0.3 is 5.73 Å². The summed E-state index contributed by atoms with van der Waals surface area (Å²) in [5, 5.41) is 0. The number of carbonyl (C=O) groups excluding carboxylic acids is 2. The number of rotatable bonds is 6. The normalized spacial score (nSPS) is 20.9. The van der Waals surface area contributed by atoms with Crippen molar-refractivity contribution in [3.8, 4) is 0 Å². The van der Waals surface area contributed by atoms with E-state index in [1.165, 1.54) is 0 Å². The number of unbranched alkanes of at least 4 members (excludes halogenated alkanes) is 1. The van der Waals surface area contributed by atoms with E-state index in [0.29, 0.717) is 6.42 Å². The van der Waals surface area contributed by atoms with Gasteiger partial charge in [-0.1, -0.05) is 0 Å². The van der Waals surface area contributed by atoms with Crippen molar-refractivity contribution in [3.63, 3.8) is 0 Å². The Hall–Kier alpha value is -1.14. The zero-order valence-corrected chi connectivity index (χ0v) is 9.45. The van der Waals surface area contributed by atoms with Gasteiger partial charge >= 0.3 is 0 Å². The molecule has 92 valence electrons. The third-order valence-corrected chi connectivity index (χ3v) is 2.95. The first-order valence-electron chi connectivity index (χ1n) is 5.68. The standard InChI is InChI=1S/C10H20N4O2/c11-10(16)8-4-3-7-14(8)6-2-1-5-9(15)13-12/h8H,1-7,12H2,(H2,11,16)(H,13,15). The molecule has 0 aliphatic carbocycles. The molecule has 16 heavy (non-hydrogen) atoms. The lowest BCUT2D eigenvalue weighted by molar-refractivity contribution is -0.123. The first kappa shape index (κ1) is 12.9. The van der Waals surface area contributed by atoms with E-state index in [1.54, 1.807) is 0 Å². The molecule has 0 radical (unpaired) electrons. The highest BCUT2D eigenvalue weighted by atomic mass is 16.2.